The summed E-state index contributed by atoms with van der Waals surface area (Å²) in [5.74, 6) is 0.238. The van der Waals surface area contributed by atoms with Crippen LogP contribution < -0.4 is 5.32 Å². The Labute approximate surface area is 103 Å². The minimum absolute atomic E-state index is 0.0794. The van der Waals surface area contributed by atoms with Crippen LogP contribution in [0.1, 0.15) is 39.0 Å². The molecule has 0 aromatic carbocycles. The lowest BCUT2D eigenvalue weighted by atomic mass is 10.0. The first-order valence-electron chi connectivity index (χ1n) is 6.80. The lowest BCUT2D eigenvalue weighted by Gasteiger charge is -2.23. The first-order valence-corrected chi connectivity index (χ1v) is 6.80. The van der Waals surface area contributed by atoms with Gasteiger partial charge in [0, 0.05) is 26.2 Å². The molecule has 1 saturated heterocycles. The summed E-state index contributed by atoms with van der Waals surface area (Å²) in [6.45, 7) is 4.93. The van der Waals surface area contributed by atoms with Crippen molar-refractivity contribution in [3.05, 3.63) is 0 Å². The molecule has 4 heteroatoms. The number of hydrogen-bond acceptors (Lipinski definition) is 3. The molecule has 2 aliphatic rings. The Morgan fingerprint density at radius 3 is 2.59 bits per heavy atom. The van der Waals surface area contributed by atoms with Crippen LogP contribution in [0.5, 0.6) is 0 Å². The van der Waals surface area contributed by atoms with Crippen LogP contribution in [0.15, 0.2) is 0 Å². The number of amides is 1. The summed E-state index contributed by atoms with van der Waals surface area (Å²) in [7, 11) is 0. The Bertz CT molecular complexity index is 271. The van der Waals surface area contributed by atoms with Crippen LogP contribution in [0.2, 0.25) is 0 Å². The zero-order valence-corrected chi connectivity index (χ0v) is 10.7. The average molecular weight is 240 g/mol. The van der Waals surface area contributed by atoms with Crippen molar-refractivity contribution in [3.63, 3.8) is 0 Å². The van der Waals surface area contributed by atoms with Crippen LogP contribution in [0.4, 0.5) is 0 Å². The molecular formula is C13H24N2O2. The van der Waals surface area contributed by atoms with Crippen molar-refractivity contribution in [2.24, 2.45) is 5.41 Å². The van der Waals surface area contributed by atoms with Gasteiger partial charge in [-0.25, -0.2) is 0 Å². The lowest BCUT2D eigenvalue weighted by molar-refractivity contribution is -0.132. The molecule has 98 valence electrons. The first kappa shape index (κ1) is 12.8. The summed E-state index contributed by atoms with van der Waals surface area (Å²) >= 11 is 0. The van der Waals surface area contributed by atoms with Gasteiger partial charge in [0.05, 0.1) is 6.04 Å². The van der Waals surface area contributed by atoms with E-state index in [1.807, 2.05) is 11.8 Å². The number of carbonyl (C=O) groups excluding carboxylic acids is 1. The Morgan fingerprint density at radius 2 is 2.06 bits per heavy atom. The Balaban J connectivity index is 1.73. The summed E-state index contributed by atoms with van der Waals surface area (Å²) in [5.41, 5.74) is 0.286. The molecule has 1 aliphatic heterocycles. The van der Waals surface area contributed by atoms with Gasteiger partial charge in [-0.2, -0.15) is 0 Å². The molecule has 2 rings (SSSR count). The molecule has 1 atom stereocenters. The fraction of sp³-hybridized carbons (Fsp3) is 0.923. The Morgan fingerprint density at radius 1 is 1.41 bits per heavy atom. The number of aliphatic hydroxyl groups excluding tert-OH is 1. The number of carbonyl (C=O) groups is 1. The van der Waals surface area contributed by atoms with Crippen molar-refractivity contribution in [1.29, 1.82) is 0 Å². The van der Waals surface area contributed by atoms with E-state index in [1.54, 1.807) is 0 Å². The second kappa shape index (κ2) is 5.36. The van der Waals surface area contributed by atoms with Crippen molar-refractivity contribution in [1.82, 2.24) is 10.2 Å². The fourth-order valence-corrected chi connectivity index (χ4v) is 2.60. The van der Waals surface area contributed by atoms with E-state index in [-0.39, 0.29) is 24.0 Å². The highest BCUT2D eigenvalue weighted by molar-refractivity contribution is 5.81. The molecular weight excluding hydrogens is 216 g/mol. The summed E-state index contributed by atoms with van der Waals surface area (Å²) in [6.07, 6.45) is 5.53. The maximum atomic E-state index is 12.1. The van der Waals surface area contributed by atoms with E-state index in [1.165, 1.54) is 12.8 Å². The molecule has 2 N–H and O–H groups in total. The van der Waals surface area contributed by atoms with E-state index in [9.17, 15) is 4.79 Å². The second-order valence-electron chi connectivity index (χ2n) is 5.61. The predicted molar refractivity (Wildman–Crippen MR) is 66.6 cm³/mol. The Kier molecular flexibility index (Phi) is 4.05. The van der Waals surface area contributed by atoms with Crippen LogP contribution >= 0.6 is 0 Å². The van der Waals surface area contributed by atoms with E-state index in [0.717, 1.165) is 38.9 Å². The van der Waals surface area contributed by atoms with E-state index >= 15 is 0 Å². The maximum Gasteiger partial charge on any atom is 0.239 e. The van der Waals surface area contributed by atoms with Gasteiger partial charge in [-0.15, -0.1) is 0 Å². The fourth-order valence-electron chi connectivity index (χ4n) is 2.60. The largest absolute Gasteiger partial charge is 0.396 e. The van der Waals surface area contributed by atoms with Crippen molar-refractivity contribution in [2.75, 3.05) is 26.2 Å². The van der Waals surface area contributed by atoms with E-state index < -0.39 is 0 Å². The van der Waals surface area contributed by atoms with Crippen LogP contribution in [-0.2, 0) is 4.79 Å². The number of nitrogens with one attached hydrogen (secondary N) is 1. The highest BCUT2D eigenvalue weighted by atomic mass is 16.3. The van der Waals surface area contributed by atoms with Crippen molar-refractivity contribution in [2.45, 2.75) is 45.1 Å². The molecule has 0 bridgehead atoms. The van der Waals surface area contributed by atoms with Crippen LogP contribution in [0, 0.1) is 5.41 Å². The number of hydrogen-bond donors (Lipinski definition) is 2. The normalized spacial score (nSPS) is 23.8. The minimum Gasteiger partial charge on any atom is -0.396 e. The predicted octanol–water partition coefficient (Wildman–Crippen LogP) is 0.749. The van der Waals surface area contributed by atoms with Gasteiger partial charge in [-0.3, -0.25) is 4.79 Å². The molecule has 17 heavy (non-hydrogen) atoms. The van der Waals surface area contributed by atoms with Gasteiger partial charge < -0.3 is 15.3 Å². The summed E-state index contributed by atoms with van der Waals surface area (Å²) in [5, 5.41) is 12.3. The topological polar surface area (TPSA) is 52.6 Å². The number of aliphatic hydroxyl groups is 1. The van der Waals surface area contributed by atoms with Crippen molar-refractivity contribution < 1.29 is 9.90 Å². The number of rotatable bonds is 6. The third kappa shape index (κ3) is 3.19. The minimum atomic E-state index is -0.0794. The maximum absolute atomic E-state index is 12.1. The third-order valence-corrected chi connectivity index (χ3v) is 4.17. The first-order chi connectivity index (χ1) is 8.17. The van der Waals surface area contributed by atoms with E-state index in [4.69, 9.17) is 5.11 Å². The lowest BCUT2D eigenvalue weighted by Crippen LogP contribution is -2.45. The van der Waals surface area contributed by atoms with E-state index in [0.29, 0.717) is 0 Å². The average Bonchev–Trinajstić information content (AvgIpc) is 2.89. The molecule has 1 unspecified atom stereocenters. The molecule has 2 fully saturated rings. The van der Waals surface area contributed by atoms with Crippen LogP contribution in [0.25, 0.3) is 0 Å². The molecule has 0 aromatic heterocycles. The zero-order valence-electron chi connectivity index (χ0n) is 10.7. The molecule has 0 aromatic rings. The quantitative estimate of drug-likeness (QED) is 0.720. The zero-order chi connectivity index (χ0) is 12.3. The number of likely N-dealkylation sites (tertiary alicyclic amines) is 1. The summed E-state index contributed by atoms with van der Waals surface area (Å²) < 4.78 is 0. The highest BCUT2D eigenvalue weighted by Gasteiger charge is 2.42. The van der Waals surface area contributed by atoms with Crippen LogP contribution in [0.3, 0.4) is 0 Å². The van der Waals surface area contributed by atoms with Gasteiger partial charge in [0.2, 0.25) is 5.91 Å². The molecule has 1 amide bonds. The van der Waals surface area contributed by atoms with Crippen molar-refractivity contribution >= 4 is 5.91 Å². The Hall–Kier alpha value is -0.610. The molecule has 4 nitrogen and oxygen atoms in total. The monoisotopic (exact) mass is 240 g/mol. The third-order valence-electron chi connectivity index (χ3n) is 4.17. The molecule has 0 radical (unpaired) electrons. The van der Waals surface area contributed by atoms with Crippen molar-refractivity contribution in [3.8, 4) is 0 Å². The molecule has 1 saturated carbocycles. The molecule has 0 spiro atoms. The van der Waals surface area contributed by atoms with Gasteiger partial charge in [0.15, 0.2) is 0 Å². The highest BCUT2D eigenvalue weighted by Crippen LogP contribution is 2.47. The van der Waals surface area contributed by atoms with Crippen LogP contribution in [-0.4, -0.2) is 48.2 Å². The molecule has 1 heterocycles. The second-order valence-corrected chi connectivity index (χ2v) is 5.61. The molecule has 1 aliphatic carbocycles. The van der Waals surface area contributed by atoms with Gasteiger partial charge in [0.1, 0.15) is 0 Å². The smallest absolute Gasteiger partial charge is 0.239 e. The summed E-state index contributed by atoms with van der Waals surface area (Å²) in [6, 6.07) is -0.0794. The van der Waals surface area contributed by atoms with Gasteiger partial charge >= 0.3 is 0 Å². The van der Waals surface area contributed by atoms with E-state index in [2.05, 4.69) is 5.32 Å². The number of nitrogens with zero attached hydrogens (tertiary/aromatic N) is 1. The SMILES string of the molecule is CC(NCC1(CCO)CC1)C(=O)N1CCCC1. The van der Waals surface area contributed by atoms with Gasteiger partial charge in [-0.1, -0.05) is 0 Å². The van der Waals surface area contributed by atoms with Gasteiger partial charge in [0.25, 0.3) is 0 Å². The summed E-state index contributed by atoms with van der Waals surface area (Å²) in [4.78, 5) is 14.0. The standard InChI is InChI=1S/C13H24N2O2/c1-11(12(17)15-7-2-3-8-15)14-10-13(4-5-13)6-9-16/h11,14,16H,2-10H2,1H3. The van der Waals surface area contributed by atoms with Gasteiger partial charge in [-0.05, 0) is 44.4 Å².